The van der Waals surface area contributed by atoms with Gasteiger partial charge in [0.1, 0.15) is 0 Å². The summed E-state index contributed by atoms with van der Waals surface area (Å²) < 4.78 is 0. The molecule has 0 spiro atoms. The second-order valence-corrected chi connectivity index (χ2v) is 1.65. The molecule has 2 unspecified atom stereocenters. The van der Waals surface area contributed by atoms with Crippen LogP contribution in [-0.4, -0.2) is 24.3 Å². The minimum Gasteiger partial charge on any atom is -0.288 e. The molecule has 2 rings (SSSR count). The van der Waals surface area contributed by atoms with Crippen molar-refractivity contribution >= 4 is 0 Å². The molecule has 2 heteroatoms. The van der Waals surface area contributed by atoms with Crippen molar-refractivity contribution in [1.82, 2.24) is 10.2 Å². The summed E-state index contributed by atoms with van der Waals surface area (Å²) in [7, 11) is 0. The highest BCUT2D eigenvalue weighted by atomic mass is 15.6. The second-order valence-electron chi connectivity index (χ2n) is 1.65. The average Bonchev–Trinajstić information content (AvgIpc) is 1.74. The van der Waals surface area contributed by atoms with Crippen LogP contribution in [0.5, 0.6) is 0 Å². The van der Waals surface area contributed by atoms with Gasteiger partial charge in [-0.05, 0) is 0 Å². The first-order chi connectivity index (χ1) is 2.47. The van der Waals surface area contributed by atoms with E-state index in [2.05, 4.69) is 10.2 Å². The Kier molecular flexibility index (Phi) is 0.181. The van der Waals surface area contributed by atoms with Crippen LogP contribution >= 0.6 is 0 Å². The van der Waals surface area contributed by atoms with Crippen LogP contribution in [0.3, 0.4) is 0 Å². The standard InChI is InChI=1S/C3H6N2/c1-3-4-2-5(1)3/h3-4H,1-2H2. The van der Waals surface area contributed by atoms with E-state index in [1.165, 1.54) is 6.54 Å². The largest absolute Gasteiger partial charge is 0.288 e. The zero-order valence-corrected chi connectivity index (χ0v) is 2.94. The van der Waals surface area contributed by atoms with E-state index >= 15 is 0 Å². The van der Waals surface area contributed by atoms with E-state index in [4.69, 9.17) is 0 Å². The van der Waals surface area contributed by atoms with E-state index in [9.17, 15) is 0 Å². The fourth-order valence-corrected chi connectivity index (χ4v) is 0.654. The molecule has 2 aliphatic rings. The smallest absolute Gasteiger partial charge is 0.0750 e. The molecule has 5 heavy (non-hydrogen) atoms. The minimum atomic E-state index is 0.815. The lowest BCUT2D eigenvalue weighted by atomic mass is 10.7. The van der Waals surface area contributed by atoms with Crippen molar-refractivity contribution in [3.05, 3.63) is 0 Å². The van der Waals surface area contributed by atoms with Crippen molar-refractivity contribution in [1.29, 1.82) is 0 Å². The Balaban J connectivity index is 2.19. The van der Waals surface area contributed by atoms with Crippen molar-refractivity contribution in [2.24, 2.45) is 0 Å². The van der Waals surface area contributed by atoms with Gasteiger partial charge in [-0.25, -0.2) is 0 Å². The molecule has 0 bridgehead atoms. The first kappa shape index (κ1) is 2.16. The molecule has 2 saturated heterocycles. The van der Waals surface area contributed by atoms with Gasteiger partial charge in [0.15, 0.2) is 0 Å². The van der Waals surface area contributed by atoms with E-state index in [1.807, 2.05) is 0 Å². The normalized spacial score (nSPS) is 57.6. The Labute approximate surface area is 30.8 Å². The summed E-state index contributed by atoms with van der Waals surface area (Å²) in [6.07, 6.45) is 0.815. The third-order valence-corrected chi connectivity index (χ3v) is 1.24. The third kappa shape index (κ3) is 0.121. The van der Waals surface area contributed by atoms with Gasteiger partial charge in [0.2, 0.25) is 0 Å². The van der Waals surface area contributed by atoms with Gasteiger partial charge in [0.05, 0.1) is 12.8 Å². The molecule has 0 radical (unpaired) electrons. The molecule has 0 aromatic rings. The molecule has 1 N–H and O–H groups in total. The van der Waals surface area contributed by atoms with Gasteiger partial charge in [0.25, 0.3) is 0 Å². The van der Waals surface area contributed by atoms with E-state index in [0.717, 1.165) is 12.8 Å². The topological polar surface area (TPSA) is 15.0 Å². The van der Waals surface area contributed by atoms with E-state index in [1.54, 1.807) is 0 Å². The van der Waals surface area contributed by atoms with Gasteiger partial charge in [0, 0.05) is 6.54 Å². The molecule has 2 heterocycles. The number of nitrogens with one attached hydrogen (secondary N) is 1. The van der Waals surface area contributed by atoms with Crippen molar-refractivity contribution in [3.63, 3.8) is 0 Å². The maximum atomic E-state index is 3.21. The molecule has 2 aliphatic heterocycles. The van der Waals surface area contributed by atoms with Gasteiger partial charge in [-0.1, -0.05) is 0 Å². The molecular formula is C3H6N2. The molecule has 2 atom stereocenters. The lowest BCUT2D eigenvalue weighted by Crippen LogP contribution is -2.38. The predicted molar refractivity (Wildman–Crippen MR) is 18.5 cm³/mol. The number of rotatable bonds is 0. The Bertz CT molecular complexity index is 49.9. The number of hydrogen-bond acceptors (Lipinski definition) is 2. The lowest BCUT2D eigenvalue weighted by molar-refractivity contribution is 0.319. The number of hydrogen-bond donors (Lipinski definition) is 1. The summed E-state index contributed by atoms with van der Waals surface area (Å²) in [4.78, 5) is 2.36. The maximum absolute atomic E-state index is 3.21. The Morgan fingerprint density at radius 2 is 2.60 bits per heavy atom. The molecule has 2 fully saturated rings. The molecule has 0 amide bonds. The summed E-state index contributed by atoms with van der Waals surface area (Å²) >= 11 is 0. The third-order valence-electron chi connectivity index (χ3n) is 1.24. The molecular weight excluding hydrogens is 64.0 g/mol. The second kappa shape index (κ2) is 0.420. The minimum absolute atomic E-state index is 0.815. The fourth-order valence-electron chi connectivity index (χ4n) is 0.654. The highest BCUT2D eigenvalue weighted by Gasteiger charge is 2.41. The summed E-state index contributed by atoms with van der Waals surface area (Å²) in [5.74, 6) is 0. The van der Waals surface area contributed by atoms with Gasteiger partial charge >= 0.3 is 0 Å². The SMILES string of the molecule is C1NC2CN12. The fraction of sp³-hybridized carbons (Fsp3) is 1.00. The van der Waals surface area contributed by atoms with E-state index < -0.39 is 0 Å². The maximum Gasteiger partial charge on any atom is 0.0750 e. The summed E-state index contributed by atoms with van der Waals surface area (Å²) in [5.41, 5.74) is 0. The summed E-state index contributed by atoms with van der Waals surface area (Å²) in [6.45, 7) is 2.45. The first-order valence-electron chi connectivity index (χ1n) is 1.94. The van der Waals surface area contributed by atoms with Crippen molar-refractivity contribution in [2.45, 2.75) is 6.17 Å². The lowest BCUT2D eigenvalue weighted by Gasteiger charge is -2.12. The Morgan fingerprint density at radius 3 is 2.60 bits per heavy atom. The van der Waals surface area contributed by atoms with Gasteiger partial charge in [-0.3, -0.25) is 10.2 Å². The van der Waals surface area contributed by atoms with Crippen LogP contribution in [0.2, 0.25) is 0 Å². The van der Waals surface area contributed by atoms with Crippen LogP contribution in [0, 0.1) is 0 Å². The predicted octanol–water partition coefficient (Wildman–Crippen LogP) is -0.811. The highest BCUT2D eigenvalue weighted by molar-refractivity contribution is 4.94. The summed E-state index contributed by atoms with van der Waals surface area (Å²) in [6, 6.07) is 0. The molecule has 0 saturated carbocycles. The number of nitrogens with zero attached hydrogens (tertiary/aromatic N) is 1. The quantitative estimate of drug-likeness (QED) is 0.375. The Morgan fingerprint density at radius 1 is 1.80 bits per heavy atom. The van der Waals surface area contributed by atoms with Crippen molar-refractivity contribution in [3.8, 4) is 0 Å². The number of fused-ring (bicyclic) bond motifs is 1. The molecule has 28 valence electrons. The Hall–Kier alpha value is -0.0800. The van der Waals surface area contributed by atoms with Crippen molar-refractivity contribution in [2.75, 3.05) is 13.2 Å². The van der Waals surface area contributed by atoms with Gasteiger partial charge in [-0.2, -0.15) is 0 Å². The monoisotopic (exact) mass is 70.1 g/mol. The first-order valence-corrected chi connectivity index (χ1v) is 1.94. The van der Waals surface area contributed by atoms with Crippen LogP contribution in [0.1, 0.15) is 0 Å². The van der Waals surface area contributed by atoms with E-state index in [-0.39, 0.29) is 0 Å². The van der Waals surface area contributed by atoms with Crippen LogP contribution in [-0.2, 0) is 0 Å². The molecule has 0 aromatic carbocycles. The molecule has 2 nitrogen and oxygen atoms in total. The van der Waals surface area contributed by atoms with Crippen LogP contribution in [0.4, 0.5) is 0 Å². The molecule has 0 aromatic heterocycles. The van der Waals surface area contributed by atoms with Crippen LogP contribution < -0.4 is 5.32 Å². The van der Waals surface area contributed by atoms with E-state index in [0.29, 0.717) is 0 Å². The van der Waals surface area contributed by atoms with Gasteiger partial charge in [-0.15, -0.1) is 0 Å². The van der Waals surface area contributed by atoms with Crippen LogP contribution in [0.15, 0.2) is 0 Å². The summed E-state index contributed by atoms with van der Waals surface area (Å²) in [5, 5.41) is 3.21. The van der Waals surface area contributed by atoms with Gasteiger partial charge < -0.3 is 0 Å². The van der Waals surface area contributed by atoms with Crippen molar-refractivity contribution < 1.29 is 0 Å². The van der Waals surface area contributed by atoms with Crippen LogP contribution in [0.25, 0.3) is 0 Å². The zero-order chi connectivity index (χ0) is 3.28. The molecule has 0 aliphatic carbocycles. The average molecular weight is 70.1 g/mol. The zero-order valence-electron chi connectivity index (χ0n) is 2.94. The highest BCUT2D eigenvalue weighted by Crippen LogP contribution is 2.19.